The van der Waals surface area contributed by atoms with Gasteiger partial charge in [-0.1, -0.05) is 0 Å². The van der Waals surface area contributed by atoms with Crippen molar-refractivity contribution in [3.8, 4) is 17.2 Å². The van der Waals surface area contributed by atoms with Gasteiger partial charge in [0.1, 0.15) is 5.75 Å². The van der Waals surface area contributed by atoms with Crippen molar-refractivity contribution >= 4 is 18.1 Å². The minimum atomic E-state index is -1.05. The number of carboxylic acids is 1. The van der Waals surface area contributed by atoms with E-state index in [9.17, 15) is 9.59 Å². The third kappa shape index (κ3) is 6.31. The number of ether oxygens (including phenoxy) is 3. The summed E-state index contributed by atoms with van der Waals surface area (Å²) in [6.45, 7) is 3.40. The molecule has 2 aromatic carbocycles. The van der Waals surface area contributed by atoms with Crippen molar-refractivity contribution in [3.63, 3.8) is 0 Å². The first kappa shape index (κ1) is 20.8. The summed E-state index contributed by atoms with van der Waals surface area (Å²) in [5.74, 6) is 0.00488. The first-order valence-corrected chi connectivity index (χ1v) is 8.51. The van der Waals surface area contributed by atoms with E-state index in [-0.39, 0.29) is 6.10 Å². The maximum atomic E-state index is 12.2. The van der Waals surface area contributed by atoms with Crippen LogP contribution in [0.4, 0.5) is 0 Å². The van der Waals surface area contributed by atoms with Crippen molar-refractivity contribution in [2.24, 2.45) is 5.10 Å². The highest BCUT2D eigenvalue weighted by atomic mass is 16.5. The Morgan fingerprint density at radius 3 is 2.46 bits per heavy atom. The van der Waals surface area contributed by atoms with Crippen molar-refractivity contribution in [3.05, 3.63) is 53.6 Å². The molecule has 2 N–H and O–H groups in total. The smallest absolute Gasteiger partial charge is 0.341 e. The van der Waals surface area contributed by atoms with E-state index in [0.29, 0.717) is 28.4 Å². The second-order valence-electron chi connectivity index (χ2n) is 5.98. The molecule has 0 aliphatic heterocycles. The Kier molecular flexibility index (Phi) is 7.38. The lowest BCUT2D eigenvalue weighted by Crippen LogP contribution is -2.18. The highest BCUT2D eigenvalue weighted by Gasteiger charge is 2.11. The van der Waals surface area contributed by atoms with Crippen LogP contribution in [0, 0.1) is 0 Å². The van der Waals surface area contributed by atoms with Crippen LogP contribution in [-0.2, 0) is 4.79 Å². The van der Waals surface area contributed by atoms with Gasteiger partial charge in [0.05, 0.1) is 19.4 Å². The predicted octanol–water partition coefficient (Wildman–Crippen LogP) is 2.71. The molecule has 0 atom stereocenters. The fourth-order valence-electron chi connectivity index (χ4n) is 2.19. The maximum absolute atomic E-state index is 12.2. The standard InChI is InChI=1S/C20H22N2O6/c1-13(2)28-17-9-6-15(10-18(17)26-3)20(25)22-21-11-14-4-7-16(8-5-14)27-12-19(23)24/h4-11,13H,12H2,1-3H3,(H,22,25)(H,23,24)/b21-11+. The van der Waals surface area contributed by atoms with Crippen molar-refractivity contribution in [1.29, 1.82) is 0 Å². The number of hydrazone groups is 1. The lowest BCUT2D eigenvalue weighted by Gasteiger charge is -2.14. The lowest BCUT2D eigenvalue weighted by atomic mass is 10.2. The number of hydrogen-bond donors (Lipinski definition) is 2. The number of aliphatic carboxylic acids is 1. The van der Waals surface area contributed by atoms with E-state index >= 15 is 0 Å². The van der Waals surface area contributed by atoms with E-state index in [1.165, 1.54) is 13.3 Å². The average Bonchev–Trinajstić information content (AvgIpc) is 2.67. The van der Waals surface area contributed by atoms with E-state index in [0.717, 1.165) is 0 Å². The molecule has 0 aliphatic rings. The zero-order chi connectivity index (χ0) is 20.5. The number of carbonyl (C=O) groups is 2. The van der Waals surface area contributed by atoms with Gasteiger partial charge in [0.25, 0.3) is 5.91 Å². The van der Waals surface area contributed by atoms with Gasteiger partial charge in [0, 0.05) is 5.56 Å². The maximum Gasteiger partial charge on any atom is 0.341 e. The van der Waals surface area contributed by atoms with E-state index in [1.54, 1.807) is 42.5 Å². The zero-order valence-electron chi connectivity index (χ0n) is 15.8. The number of carboxylic acid groups (broad SMARTS) is 1. The van der Waals surface area contributed by atoms with Gasteiger partial charge in [-0.05, 0) is 61.9 Å². The Morgan fingerprint density at radius 1 is 1.14 bits per heavy atom. The van der Waals surface area contributed by atoms with Crippen molar-refractivity contribution < 1.29 is 28.9 Å². The Bertz CT molecular complexity index is 846. The Labute approximate surface area is 162 Å². The summed E-state index contributed by atoms with van der Waals surface area (Å²) in [6, 6.07) is 11.5. The number of amides is 1. The van der Waals surface area contributed by atoms with Gasteiger partial charge in [0.15, 0.2) is 18.1 Å². The molecule has 0 heterocycles. The second kappa shape index (κ2) is 9.96. The molecule has 0 spiro atoms. The third-order valence-electron chi connectivity index (χ3n) is 3.41. The van der Waals surface area contributed by atoms with E-state index in [4.69, 9.17) is 19.3 Å². The molecule has 28 heavy (non-hydrogen) atoms. The number of nitrogens with one attached hydrogen (secondary N) is 1. The molecular formula is C20H22N2O6. The van der Waals surface area contributed by atoms with Gasteiger partial charge in [-0.25, -0.2) is 10.2 Å². The van der Waals surface area contributed by atoms with Crippen LogP contribution in [-0.4, -0.2) is 43.0 Å². The molecule has 0 aromatic heterocycles. The second-order valence-corrected chi connectivity index (χ2v) is 5.98. The average molecular weight is 386 g/mol. The van der Waals surface area contributed by atoms with Gasteiger partial charge >= 0.3 is 5.97 Å². The van der Waals surface area contributed by atoms with Gasteiger partial charge in [-0.15, -0.1) is 0 Å². The van der Waals surface area contributed by atoms with Crippen LogP contribution in [0.1, 0.15) is 29.8 Å². The fraction of sp³-hybridized carbons (Fsp3) is 0.250. The molecule has 0 saturated carbocycles. The minimum absolute atomic E-state index is 0.0147. The Balaban J connectivity index is 1.96. The van der Waals surface area contributed by atoms with Gasteiger partial charge in [-0.2, -0.15) is 5.10 Å². The van der Waals surface area contributed by atoms with Gasteiger partial charge in [0.2, 0.25) is 0 Å². The Morgan fingerprint density at radius 2 is 1.86 bits per heavy atom. The van der Waals surface area contributed by atoms with Crippen LogP contribution in [0.15, 0.2) is 47.6 Å². The predicted molar refractivity (Wildman–Crippen MR) is 103 cm³/mol. The van der Waals surface area contributed by atoms with Crippen LogP contribution >= 0.6 is 0 Å². The summed E-state index contributed by atoms with van der Waals surface area (Å²) >= 11 is 0. The molecule has 0 unspecified atom stereocenters. The molecule has 0 saturated heterocycles. The van der Waals surface area contributed by atoms with E-state index in [2.05, 4.69) is 10.5 Å². The summed E-state index contributed by atoms with van der Waals surface area (Å²) < 4.78 is 15.9. The highest BCUT2D eigenvalue weighted by Crippen LogP contribution is 2.28. The number of carbonyl (C=O) groups excluding carboxylic acids is 1. The molecule has 0 radical (unpaired) electrons. The molecule has 0 fully saturated rings. The fourth-order valence-corrected chi connectivity index (χ4v) is 2.19. The first-order valence-electron chi connectivity index (χ1n) is 8.51. The number of rotatable bonds is 9. The number of nitrogens with zero attached hydrogens (tertiary/aromatic N) is 1. The summed E-state index contributed by atoms with van der Waals surface area (Å²) in [5, 5.41) is 12.5. The third-order valence-corrected chi connectivity index (χ3v) is 3.41. The number of methoxy groups -OCH3 is 1. The van der Waals surface area contributed by atoms with Crippen molar-refractivity contribution in [1.82, 2.24) is 5.43 Å². The van der Waals surface area contributed by atoms with Crippen LogP contribution in [0.5, 0.6) is 17.2 Å². The van der Waals surface area contributed by atoms with Gasteiger partial charge in [-0.3, -0.25) is 4.79 Å². The van der Waals surface area contributed by atoms with Crippen LogP contribution in [0.3, 0.4) is 0 Å². The topological polar surface area (TPSA) is 106 Å². The molecule has 2 aromatic rings. The quantitative estimate of drug-likeness (QED) is 0.507. The molecule has 0 bridgehead atoms. The van der Waals surface area contributed by atoms with E-state index in [1.807, 2.05) is 13.8 Å². The monoisotopic (exact) mass is 386 g/mol. The van der Waals surface area contributed by atoms with Crippen molar-refractivity contribution in [2.75, 3.05) is 13.7 Å². The molecule has 0 aliphatic carbocycles. The van der Waals surface area contributed by atoms with Crippen LogP contribution in [0.2, 0.25) is 0 Å². The molecule has 2 rings (SSSR count). The zero-order valence-corrected chi connectivity index (χ0v) is 15.8. The van der Waals surface area contributed by atoms with Crippen molar-refractivity contribution in [2.45, 2.75) is 20.0 Å². The Hall–Kier alpha value is -3.55. The summed E-state index contributed by atoms with van der Waals surface area (Å²) in [7, 11) is 1.51. The molecule has 148 valence electrons. The molecule has 8 heteroatoms. The summed E-state index contributed by atoms with van der Waals surface area (Å²) in [5.41, 5.74) is 3.53. The highest BCUT2D eigenvalue weighted by molar-refractivity contribution is 5.95. The van der Waals surface area contributed by atoms with Gasteiger partial charge < -0.3 is 19.3 Å². The van der Waals surface area contributed by atoms with E-state index < -0.39 is 18.5 Å². The molecule has 1 amide bonds. The SMILES string of the molecule is COc1cc(C(=O)N/N=C/c2ccc(OCC(=O)O)cc2)ccc1OC(C)C. The molecular weight excluding hydrogens is 364 g/mol. The normalized spacial score (nSPS) is 10.7. The number of hydrogen-bond acceptors (Lipinski definition) is 6. The summed E-state index contributed by atoms with van der Waals surface area (Å²) in [6.07, 6.45) is 1.45. The van der Waals surface area contributed by atoms with Crippen LogP contribution in [0.25, 0.3) is 0 Å². The first-order chi connectivity index (χ1) is 13.4. The molecule has 8 nitrogen and oxygen atoms in total. The summed E-state index contributed by atoms with van der Waals surface area (Å²) in [4.78, 5) is 22.7. The largest absolute Gasteiger partial charge is 0.493 e. The number of benzene rings is 2. The lowest BCUT2D eigenvalue weighted by molar-refractivity contribution is -0.139. The minimum Gasteiger partial charge on any atom is -0.493 e. The van der Waals surface area contributed by atoms with Crippen LogP contribution < -0.4 is 19.6 Å².